The fourth-order valence-electron chi connectivity index (χ4n) is 3.13. The number of hydrogen-bond donors (Lipinski definition) is 2. The van der Waals surface area contributed by atoms with Crippen LogP contribution in [0.25, 0.3) is 0 Å². The summed E-state index contributed by atoms with van der Waals surface area (Å²) in [6.07, 6.45) is 0. The lowest BCUT2D eigenvalue weighted by atomic mass is 10.2. The van der Waals surface area contributed by atoms with Gasteiger partial charge in [0.2, 0.25) is 5.13 Å². The standard InChI is InChI=1S/C20H22N6O3S2/c1-25-11-13-26(14-12-25)17-9-7-16(8-10-17)24-31(28,29)20-23-22-19(30-20)21-18(27)15-5-3-2-4-6-15/h2-10,24H,11-14H2,1H3,(H,21,22,27). The van der Waals surface area contributed by atoms with Crippen LogP contribution in [-0.2, 0) is 10.0 Å². The minimum absolute atomic E-state index is 0.111. The third kappa shape index (κ3) is 5.19. The number of sulfonamides is 1. The molecule has 1 aliphatic rings. The summed E-state index contributed by atoms with van der Waals surface area (Å²) in [4.78, 5) is 16.7. The van der Waals surface area contributed by atoms with E-state index >= 15 is 0 Å². The fourth-order valence-corrected chi connectivity index (χ4v) is 5.09. The molecule has 31 heavy (non-hydrogen) atoms. The maximum atomic E-state index is 12.7. The Morgan fingerprint density at radius 2 is 1.65 bits per heavy atom. The van der Waals surface area contributed by atoms with Crippen molar-refractivity contribution in [2.45, 2.75) is 4.34 Å². The van der Waals surface area contributed by atoms with Crippen LogP contribution < -0.4 is 14.9 Å². The zero-order chi connectivity index (χ0) is 21.8. The number of hydrogen-bond acceptors (Lipinski definition) is 8. The molecule has 1 saturated heterocycles. The Balaban J connectivity index is 1.40. The number of carbonyl (C=O) groups is 1. The van der Waals surface area contributed by atoms with Gasteiger partial charge in [0.15, 0.2) is 0 Å². The maximum absolute atomic E-state index is 12.7. The molecule has 3 aromatic rings. The van der Waals surface area contributed by atoms with E-state index in [1.165, 1.54) is 0 Å². The molecule has 0 unspecified atom stereocenters. The van der Waals surface area contributed by atoms with E-state index < -0.39 is 10.0 Å². The first kappa shape index (κ1) is 21.2. The van der Waals surface area contributed by atoms with Gasteiger partial charge in [-0.1, -0.05) is 29.5 Å². The third-order valence-corrected chi connectivity index (χ3v) is 7.47. The van der Waals surface area contributed by atoms with Crippen LogP contribution in [0.1, 0.15) is 10.4 Å². The van der Waals surface area contributed by atoms with Crippen molar-refractivity contribution in [2.75, 3.05) is 48.2 Å². The molecule has 0 saturated carbocycles. The van der Waals surface area contributed by atoms with Crippen LogP contribution in [0.15, 0.2) is 58.9 Å². The summed E-state index contributed by atoms with van der Waals surface area (Å²) >= 11 is 0.791. The normalized spacial score (nSPS) is 14.9. The van der Waals surface area contributed by atoms with Crippen molar-refractivity contribution in [3.05, 3.63) is 60.2 Å². The molecule has 2 heterocycles. The molecule has 162 valence electrons. The van der Waals surface area contributed by atoms with Crippen LogP contribution in [0.5, 0.6) is 0 Å². The van der Waals surface area contributed by atoms with Crippen molar-refractivity contribution in [3.8, 4) is 0 Å². The Hall–Kier alpha value is -3.02. The Labute approximate surface area is 184 Å². The van der Waals surface area contributed by atoms with Crippen LogP contribution >= 0.6 is 11.3 Å². The number of likely N-dealkylation sites (N-methyl/N-ethyl adjacent to an activating group) is 1. The minimum Gasteiger partial charge on any atom is -0.369 e. The average molecular weight is 459 g/mol. The molecule has 0 bridgehead atoms. The summed E-state index contributed by atoms with van der Waals surface area (Å²) < 4.78 is 27.6. The third-order valence-electron chi connectivity index (χ3n) is 4.88. The Bertz CT molecular complexity index is 1140. The summed E-state index contributed by atoms with van der Waals surface area (Å²) in [5.74, 6) is -0.381. The molecular weight excluding hydrogens is 436 g/mol. The van der Waals surface area contributed by atoms with E-state index in [2.05, 4.69) is 37.1 Å². The van der Waals surface area contributed by atoms with Gasteiger partial charge in [-0.2, -0.15) is 8.42 Å². The number of nitrogens with one attached hydrogen (secondary N) is 2. The van der Waals surface area contributed by atoms with E-state index in [4.69, 9.17) is 0 Å². The van der Waals surface area contributed by atoms with Gasteiger partial charge in [0.05, 0.1) is 0 Å². The summed E-state index contributed by atoms with van der Waals surface area (Å²) in [6.45, 7) is 3.86. The largest absolute Gasteiger partial charge is 0.369 e. The lowest BCUT2D eigenvalue weighted by Crippen LogP contribution is -2.44. The molecule has 4 rings (SSSR count). The van der Waals surface area contributed by atoms with Crippen molar-refractivity contribution >= 4 is 43.8 Å². The highest BCUT2D eigenvalue weighted by Crippen LogP contribution is 2.25. The van der Waals surface area contributed by atoms with Gasteiger partial charge in [0.1, 0.15) is 0 Å². The predicted molar refractivity (Wildman–Crippen MR) is 121 cm³/mol. The Morgan fingerprint density at radius 1 is 0.968 bits per heavy atom. The van der Waals surface area contributed by atoms with E-state index in [-0.39, 0.29) is 15.4 Å². The van der Waals surface area contributed by atoms with Crippen molar-refractivity contribution < 1.29 is 13.2 Å². The van der Waals surface area contributed by atoms with Crippen molar-refractivity contribution in [2.24, 2.45) is 0 Å². The van der Waals surface area contributed by atoms with Crippen LogP contribution in [0.3, 0.4) is 0 Å². The zero-order valence-corrected chi connectivity index (χ0v) is 18.5. The molecule has 0 radical (unpaired) electrons. The molecule has 1 fully saturated rings. The molecular formula is C20H22N6O3S2. The highest BCUT2D eigenvalue weighted by Gasteiger charge is 2.22. The summed E-state index contributed by atoms with van der Waals surface area (Å²) in [5.41, 5.74) is 1.93. The first-order valence-corrected chi connectivity index (χ1v) is 12.0. The molecule has 11 heteroatoms. The van der Waals surface area contributed by atoms with Crippen LogP contribution in [0.4, 0.5) is 16.5 Å². The zero-order valence-electron chi connectivity index (χ0n) is 16.9. The minimum atomic E-state index is -3.91. The molecule has 9 nitrogen and oxygen atoms in total. The number of rotatable bonds is 6. The van der Waals surface area contributed by atoms with Crippen molar-refractivity contribution in [3.63, 3.8) is 0 Å². The first-order chi connectivity index (χ1) is 14.9. The van der Waals surface area contributed by atoms with Crippen LogP contribution in [-0.4, -0.2) is 62.6 Å². The first-order valence-electron chi connectivity index (χ1n) is 9.67. The van der Waals surface area contributed by atoms with E-state index in [0.717, 1.165) is 43.2 Å². The molecule has 0 spiro atoms. The average Bonchev–Trinajstić information content (AvgIpc) is 3.25. The van der Waals surface area contributed by atoms with Crippen molar-refractivity contribution in [1.82, 2.24) is 15.1 Å². The topological polar surface area (TPSA) is 108 Å². The highest BCUT2D eigenvalue weighted by atomic mass is 32.2. The van der Waals surface area contributed by atoms with Gasteiger partial charge in [0.25, 0.3) is 20.3 Å². The van der Waals surface area contributed by atoms with Crippen LogP contribution in [0.2, 0.25) is 0 Å². The second kappa shape index (κ2) is 9.00. The summed E-state index contributed by atoms with van der Waals surface area (Å²) in [5, 5.41) is 10.2. The van der Waals surface area contributed by atoms with Gasteiger partial charge < -0.3 is 9.80 Å². The Kier molecular flexibility index (Phi) is 6.16. The van der Waals surface area contributed by atoms with Gasteiger partial charge in [-0.15, -0.1) is 10.2 Å². The number of nitrogens with zero attached hydrogens (tertiary/aromatic N) is 4. The summed E-state index contributed by atoms with van der Waals surface area (Å²) in [7, 11) is -1.82. The quantitative estimate of drug-likeness (QED) is 0.546. The monoisotopic (exact) mass is 458 g/mol. The lowest BCUT2D eigenvalue weighted by Gasteiger charge is -2.34. The second-order valence-corrected chi connectivity index (χ2v) is 9.97. The number of piperazine rings is 1. The fraction of sp³-hybridized carbons (Fsp3) is 0.250. The lowest BCUT2D eigenvalue weighted by molar-refractivity contribution is 0.102. The molecule has 1 amide bonds. The number of carbonyl (C=O) groups excluding carboxylic acids is 1. The SMILES string of the molecule is CN1CCN(c2ccc(NS(=O)(=O)c3nnc(NC(=O)c4ccccc4)s3)cc2)CC1. The van der Waals surface area contributed by atoms with Gasteiger partial charge in [0, 0.05) is 43.1 Å². The molecule has 0 atom stereocenters. The predicted octanol–water partition coefficient (Wildman–Crippen LogP) is 2.34. The smallest absolute Gasteiger partial charge is 0.291 e. The van der Waals surface area contributed by atoms with Crippen LogP contribution in [0, 0.1) is 0 Å². The van der Waals surface area contributed by atoms with E-state index in [9.17, 15) is 13.2 Å². The number of benzene rings is 2. The number of amides is 1. The van der Waals surface area contributed by atoms with E-state index in [1.54, 1.807) is 42.5 Å². The molecule has 2 aromatic carbocycles. The Morgan fingerprint density at radius 3 is 2.32 bits per heavy atom. The molecule has 0 aliphatic carbocycles. The summed E-state index contributed by atoms with van der Waals surface area (Å²) in [6, 6.07) is 15.8. The van der Waals surface area contributed by atoms with Crippen molar-refractivity contribution in [1.29, 1.82) is 0 Å². The van der Waals surface area contributed by atoms with Gasteiger partial charge in [-0.05, 0) is 43.4 Å². The van der Waals surface area contributed by atoms with Gasteiger partial charge in [-0.3, -0.25) is 14.8 Å². The number of anilines is 3. The second-order valence-electron chi connectivity index (χ2n) is 7.14. The maximum Gasteiger partial charge on any atom is 0.291 e. The van der Waals surface area contributed by atoms with Gasteiger partial charge >= 0.3 is 0 Å². The van der Waals surface area contributed by atoms with Gasteiger partial charge in [-0.25, -0.2) is 0 Å². The number of aromatic nitrogens is 2. The van der Waals surface area contributed by atoms with E-state index in [0.29, 0.717) is 11.3 Å². The molecule has 1 aromatic heterocycles. The highest BCUT2D eigenvalue weighted by molar-refractivity contribution is 7.94. The molecule has 1 aliphatic heterocycles. The molecule has 2 N–H and O–H groups in total. The van der Waals surface area contributed by atoms with E-state index in [1.807, 2.05) is 12.1 Å².